The molecule has 0 aromatic rings. The van der Waals surface area contributed by atoms with Crippen LogP contribution in [0.3, 0.4) is 0 Å². The molecule has 17 heavy (non-hydrogen) atoms. The summed E-state index contributed by atoms with van der Waals surface area (Å²) >= 11 is 0. The number of carbonyl (C=O) groups excluding carboxylic acids is 2. The van der Waals surface area contributed by atoms with Gasteiger partial charge in [-0.3, -0.25) is 4.90 Å². The van der Waals surface area contributed by atoms with E-state index in [1.807, 2.05) is 6.92 Å². The molecule has 2 atom stereocenters. The van der Waals surface area contributed by atoms with E-state index in [0.29, 0.717) is 19.6 Å². The van der Waals surface area contributed by atoms with Gasteiger partial charge in [-0.15, -0.1) is 0 Å². The van der Waals surface area contributed by atoms with Crippen LogP contribution in [-0.4, -0.2) is 54.5 Å². The van der Waals surface area contributed by atoms with Crippen LogP contribution in [0.15, 0.2) is 0 Å². The van der Waals surface area contributed by atoms with Crippen LogP contribution >= 0.6 is 0 Å². The third-order valence-electron chi connectivity index (χ3n) is 2.77. The smallest absolute Gasteiger partial charge is 0.410 e. The lowest BCUT2D eigenvalue weighted by molar-refractivity contribution is -0.148. The van der Waals surface area contributed by atoms with E-state index in [1.165, 1.54) is 12.0 Å². The lowest BCUT2D eigenvalue weighted by Crippen LogP contribution is -2.45. The first-order valence-corrected chi connectivity index (χ1v) is 5.81. The van der Waals surface area contributed by atoms with E-state index in [-0.39, 0.29) is 0 Å². The van der Waals surface area contributed by atoms with E-state index < -0.39 is 24.2 Å². The lowest BCUT2D eigenvalue weighted by atomic mass is 10.2. The summed E-state index contributed by atoms with van der Waals surface area (Å²) < 4.78 is 9.57. The molecule has 1 aliphatic rings. The quantitative estimate of drug-likeness (QED) is 0.577. The molecule has 1 fully saturated rings. The van der Waals surface area contributed by atoms with Crippen molar-refractivity contribution in [1.29, 1.82) is 0 Å². The molecule has 1 aliphatic heterocycles. The van der Waals surface area contributed by atoms with Crippen molar-refractivity contribution in [2.45, 2.75) is 38.3 Å². The number of methoxy groups -OCH3 is 1. The van der Waals surface area contributed by atoms with Gasteiger partial charge in [0.25, 0.3) is 0 Å². The van der Waals surface area contributed by atoms with Crippen LogP contribution in [0.2, 0.25) is 0 Å². The second-order valence-electron chi connectivity index (χ2n) is 3.99. The standard InChI is InChI=1S/C11H19NO5/c1-3-4-7-17-11(15)12-6-5-8(13)9(12)10(14)16-2/h8-9,13H,3-7H2,1-2H3/t8?,9-/m0/s1. The van der Waals surface area contributed by atoms with Crippen LogP contribution in [0.4, 0.5) is 4.79 Å². The molecule has 1 unspecified atom stereocenters. The van der Waals surface area contributed by atoms with Crippen molar-refractivity contribution < 1.29 is 24.2 Å². The van der Waals surface area contributed by atoms with Gasteiger partial charge in [0.15, 0.2) is 6.04 Å². The van der Waals surface area contributed by atoms with E-state index in [0.717, 1.165) is 12.8 Å². The Morgan fingerprint density at radius 2 is 2.18 bits per heavy atom. The fourth-order valence-corrected chi connectivity index (χ4v) is 1.77. The zero-order valence-electron chi connectivity index (χ0n) is 10.2. The van der Waals surface area contributed by atoms with Gasteiger partial charge in [0.2, 0.25) is 0 Å². The third-order valence-corrected chi connectivity index (χ3v) is 2.77. The van der Waals surface area contributed by atoms with Crippen molar-refractivity contribution in [3.05, 3.63) is 0 Å². The molecule has 1 saturated heterocycles. The molecule has 6 heteroatoms. The van der Waals surface area contributed by atoms with Crippen LogP contribution in [0.5, 0.6) is 0 Å². The highest BCUT2D eigenvalue weighted by molar-refractivity contribution is 5.82. The third kappa shape index (κ3) is 3.33. The van der Waals surface area contributed by atoms with Crippen LogP contribution in [0.1, 0.15) is 26.2 Å². The maximum atomic E-state index is 11.7. The van der Waals surface area contributed by atoms with Crippen molar-refractivity contribution in [1.82, 2.24) is 4.90 Å². The molecule has 0 radical (unpaired) electrons. The van der Waals surface area contributed by atoms with Gasteiger partial charge in [-0.2, -0.15) is 0 Å². The summed E-state index contributed by atoms with van der Waals surface area (Å²) in [7, 11) is 1.23. The summed E-state index contributed by atoms with van der Waals surface area (Å²) in [5.74, 6) is -0.609. The predicted molar refractivity (Wildman–Crippen MR) is 59.4 cm³/mol. The first kappa shape index (κ1) is 13.8. The minimum Gasteiger partial charge on any atom is -0.467 e. The van der Waals surface area contributed by atoms with Gasteiger partial charge < -0.3 is 14.6 Å². The number of hydrogen-bond acceptors (Lipinski definition) is 5. The maximum absolute atomic E-state index is 11.7. The number of ether oxygens (including phenoxy) is 2. The van der Waals surface area contributed by atoms with Crippen molar-refractivity contribution in [2.24, 2.45) is 0 Å². The van der Waals surface area contributed by atoms with Gasteiger partial charge in [-0.25, -0.2) is 9.59 Å². The number of aliphatic hydroxyl groups is 1. The molecule has 6 nitrogen and oxygen atoms in total. The fraction of sp³-hybridized carbons (Fsp3) is 0.818. The van der Waals surface area contributed by atoms with E-state index in [9.17, 15) is 14.7 Å². The molecule has 1 amide bonds. The largest absolute Gasteiger partial charge is 0.467 e. The molecule has 0 spiro atoms. The summed E-state index contributed by atoms with van der Waals surface area (Å²) in [6.45, 7) is 2.63. The monoisotopic (exact) mass is 245 g/mol. The first-order valence-electron chi connectivity index (χ1n) is 5.81. The van der Waals surface area contributed by atoms with Crippen LogP contribution in [0.25, 0.3) is 0 Å². The van der Waals surface area contributed by atoms with Crippen molar-refractivity contribution >= 4 is 12.1 Å². The van der Waals surface area contributed by atoms with Gasteiger partial charge in [0.1, 0.15) is 0 Å². The first-order chi connectivity index (χ1) is 8.11. The number of esters is 1. The minimum atomic E-state index is -0.936. The average Bonchev–Trinajstić information content (AvgIpc) is 2.70. The number of nitrogens with zero attached hydrogens (tertiary/aromatic N) is 1. The predicted octanol–water partition coefficient (Wildman–Crippen LogP) is 0.531. The minimum absolute atomic E-state index is 0.311. The van der Waals surface area contributed by atoms with Gasteiger partial charge >= 0.3 is 12.1 Å². The Labute approximate surface area is 100 Å². The van der Waals surface area contributed by atoms with E-state index >= 15 is 0 Å². The number of rotatable bonds is 4. The van der Waals surface area contributed by atoms with E-state index in [4.69, 9.17) is 4.74 Å². The Balaban J connectivity index is 2.56. The number of likely N-dealkylation sites (tertiary alicyclic amines) is 1. The normalized spacial score (nSPS) is 23.6. The zero-order valence-corrected chi connectivity index (χ0v) is 10.2. The molecular weight excluding hydrogens is 226 g/mol. The van der Waals surface area contributed by atoms with Crippen LogP contribution in [0, 0.1) is 0 Å². The molecule has 98 valence electrons. The molecular formula is C11H19NO5. The maximum Gasteiger partial charge on any atom is 0.410 e. The average molecular weight is 245 g/mol. The molecule has 1 heterocycles. The Bertz CT molecular complexity index is 281. The fourth-order valence-electron chi connectivity index (χ4n) is 1.77. The summed E-state index contributed by atoms with van der Waals surface area (Å²) in [4.78, 5) is 24.3. The molecule has 0 aromatic carbocycles. The van der Waals surface area contributed by atoms with Gasteiger partial charge in [0.05, 0.1) is 19.8 Å². The van der Waals surface area contributed by atoms with Crippen molar-refractivity contribution in [3.63, 3.8) is 0 Å². The molecule has 0 aliphatic carbocycles. The van der Waals surface area contributed by atoms with E-state index in [1.54, 1.807) is 0 Å². The highest BCUT2D eigenvalue weighted by Crippen LogP contribution is 2.20. The number of aliphatic hydroxyl groups excluding tert-OH is 1. The second kappa shape index (κ2) is 6.44. The van der Waals surface area contributed by atoms with Gasteiger partial charge in [-0.05, 0) is 12.8 Å². The number of hydrogen-bond donors (Lipinski definition) is 1. The van der Waals surface area contributed by atoms with Crippen LogP contribution < -0.4 is 0 Å². The Morgan fingerprint density at radius 1 is 1.47 bits per heavy atom. The van der Waals surface area contributed by atoms with Crippen LogP contribution in [-0.2, 0) is 14.3 Å². The number of carbonyl (C=O) groups is 2. The number of amides is 1. The summed E-state index contributed by atoms with van der Waals surface area (Å²) in [6, 6.07) is -0.936. The summed E-state index contributed by atoms with van der Waals surface area (Å²) in [5.41, 5.74) is 0. The molecule has 1 rings (SSSR count). The molecule has 0 saturated carbocycles. The van der Waals surface area contributed by atoms with Gasteiger partial charge in [0, 0.05) is 6.54 Å². The highest BCUT2D eigenvalue weighted by Gasteiger charge is 2.42. The molecule has 1 N–H and O–H groups in total. The van der Waals surface area contributed by atoms with Crippen molar-refractivity contribution in [2.75, 3.05) is 20.3 Å². The number of unbranched alkanes of at least 4 members (excludes halogenated alkanes) is 1. The summed E-state index contributed by atoms with van der Waals surface area (Å²) in [5, 5.41) is 9.63. The molecule has 0 bridgehead atoms. The Morgan fingerprint density at radius 3 is 2.76 bits per heavy atom. The highest BCUT2D eigenvalue weighted by atomic mass is 16.6. The van der Waals surface area contributed by atoms with E-state index in [2.05, 4.69) is 4.74 Å². The van der Waals surface area contributed by atoms with Gasteiger partial charge in [-0.1, -0.05) is 13.3 Å². The lowest BCUT2D eigenvalue weighted by Gasteiger charge is -2.23. The molecule has 0 aromatic heterocycles. The SMILES string of the molecule is CCCCOC(=O)N1CCC(O)[C@H]1C(=O)OC. The Kier molecular flexibility index (Phi) is 5.21. The second-order valence-corrected chi connectivity index (χ2v) is 3.99. The topological polar surface area (TPSA) is 76.1 Å². The zero-order chi connectivity index (χ0) is 12.8. The Hall–Kier alpha value is -1.30. The summed E-state index contributed by atoms with van der Waals surface area (Å²) in [6.07, 6.45) is 0.635. The van der Waals surface area contributed by atoms with Crippen molar-refractivity contribution in [3.8, 4) is 0 Å².